The highest BCUT2D eigenvalue weighted by Crippen LogP contribution is 2.31. The van der Waals surface area contributed by atoms with Crippen LogP contribution in [0.25, 0.3) is 11.5 Å². The molecule has 0 saturated carbocycles. The maximum absolute atomic E-state index is 5.84. The fourth-order valence-corrected chi connectivity index (χ4v) is 1.63. The SMILES string of the molecule is Cc1cnc(-c2occc2Br)c(N)c1. The Balaban J connectivity index is 2.58. The van der Waals surface area contributed by atoms with Gasteiger partial charge in [0.25, 0.3) is 0 Å². The molecule has 0 bridgehead atoms. The van der Waals surface area contributed by atoms with E-state index in [1.165, 1.54) is 0 Å². The van der Waals surface area contributed by atoms with E-state index < -0.39 is 0 Å². The highest BCUT2D eigenvalue weighted by Gasteiger charge is 2.11. The van der Waals surface area contributed by atoms with Crippen molar-refractivity contribution in [3.05, 3.63) is 34.6 Å². The van der Waals surface area contributed by atoms with Crippen molar-refractivity contribution < 1.29 is 4.42 Å². The number of rotatable bonds is 1. The first-order valence-electron chi connectivity index (χ1n) is 4.14. The first kappa shape index (κ1) is 9.27. The molecule has 0 spiro atoms. The van der Waals surface area contributed by atoms with E-state index in [2.05, 4.69) is 20.9 Å². The van der Waals surface area contributed by atoms with Crippen LogP contribution in [0.15, 0.2) is 33.5 Å². The molecule has 2 heterocycles. The standard InChI is InChI=1S/C10H9BrN2O/c1-6-4-8(12)9(13-5-6)10-7(11)2-3-14-10/h2-5H,12H2,1H3. The summed E-state index contributed by atoms with van der Waals surface area (Å²) in [7, 11) is 0. The zero-order valence-electron chi connectivity index (χ0n) is 7.62. The second kappa shape index (κ2) is 3.46. The molecular weight excluding hydrogens is 244 g/mol. The third-order valence-electron chi connectivity index (χ3n) is 1.89. The molecule has 0 aliphatic rings. The fraction of sp³-hybridized carbons (Fsp3) is 0.100. The molecule has 14 heavy (non-hydrogen) atoms. The van der Waals surface area contributed by atoms with Gasteiger partial charge in [0.2, 0.25) is 0 Å². The van der Waals surface area contributed by atoms with Crippen LogP contribution in [0.2, 0.25) is 0 Å². The Hall–Kier alpha value is -1.29. The van der Waals surface area contributed by atoms with Gasteiger partial charge in [0.05, 0.1) is 16.4 Å². The number of nitrogen functional groups attached to an aromatic ring is 1. The molecule has 0 aliphatic heterocycles. The van der Waals surface area contributed by atoms with Crippen LogP contribution in [-0.2, 0) is 0 Å². The molecule has 2 N–H and O–H groups in total. The second-order valence-corrected chi connectivity index (χ2v) is 3.90. The minimum Gasteiger partial charge on any atom is -0.461 e. The molecule has 0 saturated heterocycles. The Morgan fingerprint density at radius 1 is 1.50 bits per heavy atom. The molecular formula is C10H9BrN2O. The van der Waals surface area contributed by atoms with Gasteiger partial charge in [-0.3, -0.25) is 4.98 Å². The third-order valence-corrected chi connectivity index (χ3v) is 2.51. The van der Waals surface area contributed by atoms with Gasteiger partial charge in [-0.15, -0.1) is 0 Å². The van der Waals surface area contributed by atoms with Crippen LogP contribution in [0.1, 0.15) is 5.56 Å². The molecule has 2 aromatic heterocycles. The van der Waals surface area contributed by atoms with Crippen molar-refractivity contribution in [2.75, 3.05) is 5.73 Å². The van der Waals surface area contributed by atoms with Crippen LogP contribution in [0.4, 0.5) is 5.69 Å². The van der Waals surface area contributed by atoms with E-state index in [1.807, 2.05) is 19.1 Å². The predicted molar refractivity (Wildman–Crippen MR) is 58.8 cm³/mol. The summed E-state index contributed by atoms with van der Waals surface area (Å²) in [5.74, 6) is 0.669. The van der Waals surface area contributed by atoms with Gasteiger partial charge >= 0.3 is 0 Å². The number of hydrogen-bond acceptors (Lipinski definition) is 3. The van der Waals surface area contributed by atoms with Crippen LogP contribution in [-0.4, -0.2) is 4.98 Å². The number of halogens is 1. The van der Waals surface area contributed by atoms with Crippen LogP contribution in [0.3, 0.4) is 0 Å². The Labute approximate surface area is 90.1 Å². The average molecular weight is 253 g/mol. The smallest absolute Gasteiger partial charge is 0.168 e. The quantitative estimate of drug-likeness (QED) is 0.849. The van der Waals surface area contributed by atoms with E-state index in [-0.39, 0.29) is 0 Å². The van der Waals surface area contributed by atoms with Crippen molar-refractivity contribution in [1.29, 1.82) is 0 Å². The summed E-state index contributed by atoms with van der Waals surface area (Å²) in [6.07, 6.45) is 3.36. The number of aryl methyl sites for hydroxylation is 1. The van der Waals surface area contributed by atoms with Crippen LogP contribution >= 0.6 is 15.9 Å². The summed E-state index contributed by atoms with van der Waals surface area (Å²) < 4.78 is 6.14. The zero-order valence-corrected chi connectivity index (χ0v) is 9.21. The summed E-state index contributed by atoms with van der Waals surface area (Å²) in [5, 5.41) is 0. The molecule has 0 radical (unpaired) electrons. The van der Waals surface area contributed by atoms with E-state index in [1.54, 1.807) is 12.5 Å². The molecule has 3 nitrogen and oxygen atoms in total. The second-order valence-electron chi connectivity index (χ2n) is 3.05. The minimum absolute atomic E-state index is 0.626. The molecule has 4 heteroatoms. The predicted octanol–water partition coefficient (Wildman–Crippen LogP) is 2.99. The van der Waals surface area contributed by atoms with E-state index in [0.717, 1.165) is 10.0 Å². The number of pyridine rings is 1. The van der Waals surface area contributed by atoms with Gasteiger partial charge in [-0.1, -0.05) is 0 Å². The van der Waals surface area contributed by atoms with Crippen LogP contribution in [0.5, 0.6) is 0 Å². The lowest BCUT2D eigenvalue weighted by molar-refractivity contribution is 0.579. The summed E-state index contributed by atoms with van der Waals surface area (Å²) in [6.45, 7) is 1.95. The summed E-state index contributed by atoms with van der Waals surface area (Å²) >= 11 is 3.37. The van der Waals surface area contributed by atoms with E-state index in [9.17, 15) is 0 Å². The topological polar surface area (TPSA) is 52.0 Å². The zero-order chi connectivity index (χ0) is 10.1. The van der Waals surface area contributed by atoms with Crippen molar-refractivity contribution >= 4 is 21.6 Å². The number of furan rings is 1. The van der Waals surface area contributed by atoms with Gasteiger partial charge in [-0.2, -0.15) is 0 Å². The van der Waals surface area contributed by atoms with E-state index in [4.69, 9.17) is 10.2 Å². The number of hydrogen-bond donors (Lipinski definition) is 1. The van der Waals surface area contributed by atoms with Gasteiger partial charge in [0, 0.05) is 6.20 Å². The number of anilines is 1. The highest BCUT2D eigenvalue weighted by molar-refractivity contribution is 9.10. The van der Waals surface area contributed by atoms with Crippen molar-refractivity contribution in [3.63, 3.8) is 0 Å². The van der Waals surface area contributed by atoms with Gasteiger partial charge in [0.1, 0.15) is 5.69 Å². The maximum atomic E-state index is 5.84. The largest absolute Gasteiger partial charge is 0.461 e. The van der Waals surface area contributed by atoms with Gasteiger partial charge in [-0.25, -0.2) is 0 Å². The normalized spacial score (nSPS) is 10.4. The van der Waals surface area contributed by atoms with Crippen molar-refractivity contribution in [1.82, 2.24) is 4.98 Å². The molecule has 0 fully saturated rings. The van der Waals surface area contributed by atoms with Crippen molar-refractivity contribution in [2.24, 2.45) is 0 Å². The summed E-state index contributed by atoms with van der Waals surface area (Å²) in [6, 6.07) is 3.69. The van der Waals surface area contributed by atoms with E-state index >= 15 is 0 Å². The molecule has 0 amide bonds. The lowest BCUT2D eigenvalue weighted by Gasteiger charge is -2.02. The van der Waals surface area contributed by atoms with Gasteiger partial charge < -0.3 is 10.2 Å². The molecule has 2 aromatic rings. The maximum Gasteiger partial charge on any atom is 0.168 e. The molecule has 2 rings (SSSR count). The monoisotopic (exact) mass is 252 g/mol. The molecule has 0 unspecified atom stereocenters. The van der Waals surface area contributed by atoms with Crippen LogP contribution in [0, 0.1) is 6.92 Å². The third kappa shape index (κ3) is 1.53. The lowest BCUT2D eigenvalue weighted by Crippen LogP contribution is -1.93. The average Bonchev–Trinajstić information content (AvgIpc) is 2.52. The first-order valence-corrected chi connectivity index (χ1v) is 4.93. The molecule has 0 atom stereocenters. The Bertz CT molecular complexity index is 465. The Morgan fingerprint density at radius 2 is 2.29 bits per heavy atom. The number of nitrogens with two attached hydrogens (primary N) is 1. The fourth-order valence-electron chi connectivity index (χ4n) is 1.24. The Morgan fingerprint density at radius 3 is 2.86 bits per heavy atom. The van der Waals surface area contributed by atoms with Crippen molar-refractivity contribution in [3.8, 4) is 11.5 Å². The first-order chi connectivity index (χ1) is 6.68. The number of nitrogens with zero attached hydrogens (tertiary/aromatic N) is 1. The van der Waals surface area contributed by atoms with Gasteiger partial charge in [0.15, 0.2) is 5.76 Å². The van der Waals surface area contributed by atoms with Crippen LogP contribution < -0.4 is 5.73 Å². The van der Waals surface area contributed by atoms with E-state index in [0.29, 0.717) is 17.1 Å². The molecule has 0 aliphatic carbocycles. The Kier molecular flexibility index (Phi) is 2.29. The van der Waals surface area contributed by atoms with Crippen molar-refractivity contribution in [2.45, 2.75) is 6.92 Å². The molecule has 72 valence electrons. The lowest BCUT2D eigenvalue weighted by atomic mass is 10.2. The molecule has 0 aromatic carbocycles. The van der Waals surface area contributed by atoms with Gasteiger partial charge in [-0.05, 0) is 40.5 Å². The summed E-state index contributed by atoms with van der Waals surface area (Å²) in [4.78, 5) is 4.23. The highest BCUT2D eigenvalue weighted by atomic mass is 79.9. The minimum atomic E-state index is 0.626. The number of aromatic nitrogens is 1. The summed E-state index contributed by atoms with van der Waals surface area (Å²) in [5.41, 5.74) is 8.17.